The number of aliphatic hydroxyl groups is 1. The molecule has 0 bridgehead atoms. The highest BCUT2D eigenvalue weighted by Crippen LogP contribution is 2.08. The molecule has 1 amide bonds. The van der Waals surface area contributed by atoms with Crippen LogP contribution in [0, 0.1) is 0 Å². The van der Waals surface area contributed by atoms with E-state index < -0.39 is 40.3 Å². The standard InChI is InChI=1S/C11H14N2O6S/c12-10(15)9(14)5-13-20(18,19)6-7-2-1-3-8(4-7)11(16)17/h1-4,9,13-14H,5-6H2,(H2,12,15)(H,16,17). The van der Waals surface area contributed by atoms with E-state index in [4.69, 9.17) is 15.9 Å². The fourth-order valence-corrected chi connectivity index (χ4v) is 2.50. The number of aliphatic hydroxyl groups excluding tert-OH is 1. The van der Waals surface area contributed by atoms with Crippen LogP contribution >= 0.6 is 0 Å². The lowest BCUT2D eigenvalue weighted by Gasteiger charge is -2.09. The number of carbonyl (C=O) groups excluding carboxylic acids is 1. The number of sulfonamides is 1. The molecule has 9 heteroatoms. The number of rotatable bonds is 7. The van der Waals surface area contributed by atoms with Gasteiger partial charge in [0.25, 0.3) is 0 Å². The molecule has 0 saturated carbocycles. The summed E-state index contributed by atoms with van der Waals surface area (Å²) in [4.78, 5) is 21.3. The van der Waals surface area contributed by atoms with Crippen LogP contribution in [0.3, 0.4) is 0 Å². The number of carboxylic acids is 1. The van der Waals surface area contributed by atoms with Gasteiger partial charge in [-0.3, -0.25) is 4.79 Å². The van der Waals surface area contributed by atoms with E-state index in [0.29, 0.717) is 0 Å². The Morgan fingerprint density at radius 2 is 2.00 bits per heavy atom. The summed E-state index contributed by atoms with van der Waals surface area (Å²) in [5.41, 5.74) is 5.02. The topological polar surface area (TPSA) is 147 Å². The molecule has 8 nitrogen and oxygen atoms in total. The first-order chi connectivity index (χ1) is 9.21. The van der Waals surface area contributed by atoms with Crippen molar-refractivity contribution in [3.05, 3.63) is 35.4 Å². The average molecular weight is 302 g/mol. The maximum Gasteiger partial charge on any atom is 0.335 e. The molecule has 1 aromatic rings. The van der Waals surface area contributed by atoms with Crippen molar-refractivity contribution in [2.45, 2.75) is 11.9 Å². The second kappa shape index (κ2) is 6.46. The number of nitrogens with one attached hydrogen (secondary N) is 1. The van der Waals surface area contributed by atoms with E-state index in [1.165, 1.54) is 24.3 Å². The summed E-state index contributed by atoms with van der Waals surface area (Å²) in [5, 5.41) is 17.9. The molecule has 1 unspecified atom stereocenters. The van der Waals surface area contributed by atoms with Crippen LogP contribution in [0.4, 0.5) is 0 Å². The molecule has 20 heavy (non-hydrogen) atoms. The molecule has 0 aliphatic carbocycles. The second-order valence-corrected chi connectivity index (χ2v) is 5.84. The molecule has 110 valence electrons. The third kappa shape index (κ3) is 4.96. The largest absolute Gasteiger partial charge is 0.478 e. The van der Waals surface area contributed by atoms with Crippen molar-refractivity contribution >= 4 is 21.9 Å². The predicted octanol–water partition coefficient (Wildman–Crippen LogP) is -1.35. The number of primary amides is 1. The van der Waals surface area contributed by atoms with Crippen molar-refractivity contribution in [2.24, 2.45) is 5.73 Å². The van der Waals surface area contributed by atoms with Gasteiger partial charge in [-0.1, -0.05) is 12.1 Å². The first-order valence-electron chi connectivity index (χ1n) is 5.48. The van der Waals surface area contributed by atoms with Crippen molar-refractivity contribution in [2.75, 3.05) is 6.54 Å². The molecule has 0 aliphatic heterocycles. The van der Waals surface area contributed by atoms with Gasteiger partial charge in [-0.25, -0.2) is 17.9 Å². The Kier molecular flexibility index (Phi) is 5.19. The Bertz CT molecular complexity index is 613. The van der Waals surface area contributed by atoms with Crippen molar-refractivity contribution in [1.82, 2.24) is 4.72 Å². The molecule has 0 aromatic heterocycles. The van der Waals surface area contributed by atoms with Crippen LogP contribution in [0.25, 0.3) is 0 Å². The molecule has 5 N–H and O–H groups in total. The van der Waals surface area contributed by atoms with Crippen molar-refractivity contribution in [1.29, 1.82) is 0 Å². The third-order valence-electron chi connectivity index (χ3n) is 2.36. The van der Waals surface area contributed by atoms with Gasteiger partial charge in [0, 0.05) is 6.54 Å². The lowest BCUT2D eigenvalue weighted by atomic mass is 10.1. The van der Waals surface area contributed by atoms with Gasteiger partial charge >= 0.3 is 5.97 Å². The summed E-state index contributed by atoms with van der Waals surface area (Å²) in [6.45, 7) is -0.531. The van der Waals surface area contributed by atoms with Crippen LogP contribution in [-0.2, 0) is 20.6 Å². The Hall–Kier alpha value is -1.97. The quantitative estimate of drug-likeness (QED) is 0.489. The van der Waals surface area contributed by atoms with Crippen LogP contribution in [-0.4, -0.2) is 43.2 Å². The molecule has 1 rings (SSSR count). The minimum atomic E-state index is -3.82. The van der Waals surface area contributed by atoms with E-state index in [1.54, 1.807) is 0 Å². The van der Waals surface area contributed by atoms with Crippen molar-refractivity contribution < 1.29 is 28.2 Å². The normalized spacial score (nSPS) is 12.8. The van der Waals surface area contributed by atoms with E-state index in [0.717, 1.165) is 0 Å². The summed E-state index contributed by atoms with van der Waals surface area (Å²) in [7, 11) is -3.82. The molecular formula is C11H14N2O6S. The summed E-state index contributed by atoms with van der Waals surface area (Å²) < 4.78 is 25.4. The maximum atomic E-state index is 11.7. The smallest absolute Gasteiger partial charge is 0.335 e. The number of benzene rings is 1. The first kappa shape index (κ1) is 16.1. The SMILES string of the molecule is NC(=O)C(O)CNS(=O)(=O)Cc1cccc(C(=O)O)c1. The molecule has 1 aromatic carbocycles. The summed E-state index contributed by atoms with van der Waals surface area (Å²) in [6.07, 6.45) is -1.62. The molecular weight excluding hydrogens is 288 g/mol. The van der Waals surface area contributed by atoms with Crippen LogP contribution < -0.4 is 10.5 Å². The Balaban J connectivity index is 2.73. The molecule has 0 fully saturated rings. The average Bonchev–Trinajstić information content (AvgIpc) is 2.35. The highest BCUT2D eigenvalue weighted by Gasteiger charge is 2.17. The van der Waals surface area contributed by atoms with Gasteiger partial charge in [0.15, 0.2) is 0 Å². The number of hydrogen-bond donors (Lipinski definition) is 4. The molecule has 0 radical (unpaired) electrons. The third-order valence-corrected chi connectivity index (χ3v) is 3.68. The zero-order valence-electron chi connectivity index (χ0n) is 10.3. The van der Waals surface area contributed by atoms with Crippen molar-refractivity contribution in [3.63, 3.8) is 0 Å². The number of amides is 1. The highest BCUT2D eigenvalue weighted by molar-refractivity contribution is 7.88. The Labute approximate surface area is 115 Å². The number of carbonyl (C=O) groups is 2. The monoisotopic (exact) mass is 302 g/mol. The van der Waals surface area contributed by atoms with Crippen LogP contribution in [0.5, 0.6) is 0 Å². The van der Waals surface area contributed by atoms with Gasteiger partial charge in [0.1, 0.15) is 6.10 Å². The van der Waals surface area contributed by atoms with E-state index in [-0.39, 0.29) is 11.1 Å². The fourth-order valence-electron chi connectivity index (χ4n) is 1.37. The van der Waals surface area contributed by atoms with E-state index in [1.807, 2.05) is 4.72 Å². The lowest BCUT2D eigenvalue weighted by molar-refractivity contribution is -0.125. The highest BCUT2D eigenvalue weighted by atomic mass is 32.2. The number of hydrogen-bond acceptors (Lipinski definition) is 5. The Morgan fingerprint density at radius 1 is 1.35 bits per heavy atom. The second-order valence-electron chi connectivity index (χ2n) is 4.03. The van der Waals surface area contributed by atoms with Gasteiger partial charge in [-0.15, -0.1) is 0 Å². The zero-order chi connectivity index (χ0) is 15.3. The van der Waals surface area contributed by atoms with Crippen LogP contribution in [0.15, 0.2) is 24.3 Å². The number of nitrogens with two attached hydrogens (primary N) is 1. The van der Waals surface area contributed by atoms with Crippen molar-refractivity contribution in [3.8, 4) is 0 Å². The fraction of sp³-hybridized carbons (Fsp3) is 0.273. The van der Waals surface area contributed by atoms with Crippen LogP contribution in [0.2, 0.25) is 0 Å². The minimum Gasteiger partial charge on any atom is -0.478 e. The van der Waals surface area contributed by atoms with Gasteiger partial charge in [-0.2, -0.15) is 0 Å². The van der Waals surface area contributed by atoms with Crippen LogP contribution in [0.1, 0.15) is 15.9 Å². The summed E-state index contributed by atoms with van der Waals surface area (Å²) in [6, 6.07) is 5.44. The zero-order valence-corrected chi connectivity index (χ0v) is 11.1. The van der Waals surface area contributed by atoms with E-state index in [2.05, 4.69) is 0 Å². The molecule has 1 atom stereocenters. The maximum absolute atomic E-state index is 11.7. The first-order valence-corrected chi connectivity index (χ1v) is 7.13. The summed E-state index contributed by atoms with van der Waals surface area (Å²) >= 11 is 0. The molecule has 0 saturated heterocycles. The van der Waals surface area contributed by atoms with Gasteiger partial charge in [0.05, 0.1) is 11.3 Å². The van der Waals surface area contributed by atoms with Gasteiger partial charge < -0.3 is 15.9 Å². The molecule has 0 aliphatic rings. The van der Waals surface area contributed by atoms with Gasteiger partial charge in [-0.05, 0) is 17.7 Å². The van der Waals surface area contributed by atoms with E-state index >= 15 is 0 Å². The molecule has 0 heterocycles. The predicted molar refractivity (Wildman–Crippen MR) is 69.2 cm³/mol. The molecule has 0 spiro atoms. The summed E-state index contributed by atoms with van der Waals surface area (Å²) in [5.74, 6) is -2.68. The minimum absolute atomic E-state index is 0.0325. The number of aromatic carboxylic acids is 1. The van der Waals surface area contributed by atoms with E-state index in [9.17, 15) is 18.0 Å². The Morgan fingerprint density at radius 3 is 2.55 bits per heavy atom. The number of carboxylic acid groups (broad SMARTS) is 1. The lowest BCUT2D eigenvalue weighted by Crippen LogP contribution is -2.40. The van der Waals surface area contributed by atoms with Gasteiger partial charge in [0.2, 0.25) is 15.9 Å².